The normalized spacial score (nSPS) is 18.7. The van der Waals surface area contributed by atoms with Crippen molar-refractivity contribution in [2.24, 2.45) is 21.3 Å². The number of pyridine rings is 1. The molecular weight excluding hydrogens is 911 g/mol. The van der Waals surface area contributed by atoms with Gasteiger partial charge in [0.15, 0.2) is 0 Å². The van der Waals surface area contributed by atoms with Crippen LogP contribution in [0.25, 0.3) is 33.3 Å². The molecule has 3 aliphatic rings. The highest BCUT2D eigenvalue weighted by Crippen LogP contribution is 2.41. The van der Waals surface area contributed by atoms with Gasteiger partial charge >= 0.3 is 5.97 Å². The van der Waals surface area contributed by atoms with E-state index in [1.165, 1.54) is 9.91 Å². The zero-order valence-corrected chi connectivity index (χ0v) is 42.8. The van der Waals surface area contributed by atoms with Crippen LogP contribution in [0.3, 0.4) is 0 Å². The second-order valence-electron chi connectivity index (χ2n) is 20.2. The number of methoxy groups -OCH3 is 1. The molecule has 3 aliphatic heterocycles. The van der Waals surface area contributed by atoms with E-state index in [1.807, 2.05) is 62.5 Å². The van der Waals surface area contributed by atoms with Gasteiger partial charge in [0.05, 0.1) is 50.4 Å². The zero-order chi connectivity index (χ0) is 50.9. The minimum atomic E-state index is -1.04. The number of morpholine rings is 1. The summed E-state index contributed by atoms with van der Waals surface area (Å²) in [5.41, 5.74) is 12.5. The van der Waals surface area contributed by atoms with Gasteiger partial charge in [-0.05, 0) is 102 Å². The fourth-order valence-electron chi connectivity index (χ4n) is 10.2. The molecule has 8 rings (SSSR count). The molecule has 2 fully saturated rings. The maximum atomic E-state index is 14.7. The third-order valence-electron chi connectivity index (χ3n) is 13.9. The number of cyclic esters (lactones) is 1. The van der Waals surface area contributed by atoms with Gasteiger partial charge in [0.25, 0.3) is 5.91 Å². The Balaban J connectivity index is 1.06. The van der Waals surface area contributed by atoms with Crippen molar-refractivity contribution in [2.75, 3.05) is 65.1 Å². The maximum Gasteiger partial charge on any atom is 0.324 e. The van der Waals surface area contributed by atoms with E-state index >= 15 is 0 Å². The lowest BCUT2D eigenvalue weighted by Gasteiger charge is -2.36. The molecule has 0 radical (unpaired) electrons. The number of aryl methyl sites for hydroxylation is 1. The van der Waals surface area contributed by atoms with E-state index in [2.05, 4.69) is 92.3 Å². The van der Waals surface area contributed by atoms with E-state index in [-0.39, 0.29) is 37.8 Å². The Kier molecular flexibility index (Phi) is 16.7. The van der Waals surface area contributed by atoms with E-state index in [4.69, 9.17) is 14.2 Å². The second kappa shape index (κ2) is 23.2. The Labute approximate surface area is 422 Å². The first-order valence-electron chi connectivity index (χ1n) is 25.3. The van der Waals surface area contributed by atoms with Crippen LogP contribution in [0.15, 0.2) is 95.2 Å². The van der Waals surface area contributed by atoms with E-state index in [9.17, 15) is 19.2 Å². The van der Waals surface area contributed by atoms with Gasteiger partial charge in [-0.25, -0.2) is 10.4 Å². The third-order valence-corrected chi connectivity index (χ3v) is 13.9. The molecule has 3 aromatic carbocycles. The maximum absolute atomic E-state index is 14.7. The van der Waals surface area contributed by atoms with Gasteiger partial charge in [-0.1, -0.05) is 58.0 Å². The molecule has 1 unspecified atom stereocenters. The number of hydrazine groups is 1. The molecular formula is C56H69N9O7. The van der Waals surface area contributed by atoms with Crippen molar-refractivity contribution in [1.82, 2.24) is 30.2 Å². The molecule has 6 bridgehead atoms. The lowest BCUT2D eigenvalue weighted by atomic mass is 9.84. The number of ether oxygens (including phenoxy) is 3. The fourth-order valence-corrected chi connectivity index (χ4v) is 10.2. The molecule has 5 heterocycles. The Bertz CT molecular complexity index is 2810. The summed E-state index contributed by atoms with van der Waals surface area (Å²) in [4.78, 5) is 73.7. The first-order valence-corrected chi connectivity index (χ1v) is 25.3. The number of anilines is 1. The minimum Gasteiger partial charge on any atom is -0.464 e. The van der Waals surface area contributed by atoms with Crippen LogP contribution in [0, 0.1) is 11.3 Å². The van der Waals surface area contributed by atoms with Gasteiger partial charge in [-0.15, -0.1) is 0 Å². The number of benzene rings is 3. The Morgan fingerprint density at radius 3 is 2.56 bits per heavy atom. The Hall–Kier alpha value is -6.71. The number of carbonyl (C=O) groups excluding carboxylic acids is 4. The molecule has 72 heavy (non-hydrogen) atoms. The highest BCUT2D eigenvalue weighted by molar-refractivity contribution is 5.96. The number of aromatic nitrogens is 2. The number of esters is 1. The topological polar surface area (TPSA) is 172 Å². The summed E-state index contributed by atoms with van der Waals surface area (Å²) in [5.74, 6) is -1.89. The second-order valence-corrected chi connectivity index (χ2v) is 20.2. The highest BCUT2D eigenvalue weighted by atomic mass is 16.5. The molecule has 2 saturated heterocycles. The van der Waals surface area contributed by atoms with Crippen LogP contribution >= 0.6 is 0 Å². The molecule has 0 aliphatic carbocycles. The van der Waals surface area contributed by atoms with Crippen molar-refractivity contribution in [3.63, 3.8) is 0 Å². The molecule has 0 saturated carbocycles. The SMILES string of the molecule is CCn1c(-c2cnccc2COC)c2c3cc(ccc31)-c1cccc(c1)C[C@H](NC(=O)C(C(C)C)N(C)C(=O)CCN=C=Nc1ccc(N3CCOCC3)cc1)C(=O)N1CCC[C@H](N1)C(=O)OCC(C)(C)C2. The van der Waals surface area contributed by atoms with Crippen molar-refractivity contribution in [3.8, 4) is 22.4 Å². The summed E-state index contributed by atoms with van der Waals surface area (Å²) in [5, 5.41) is 5.59. The molecule has 3 atom stereocenters. The lowest BCUT2D eigenvalue weighted by Crippen LogP contribution is -2.62. The summed E-state index contributed by atoms with van der Waals surface area (Å²) in [7, 11) is 3.30. The predicted octanol–water partition coefficient (Wildman–Crippen LogP) is 7.40. The van der Waals surface area contributed by atoms with Crippen LogP contribution in [0.2, 0.25) is 0 Å². The standard InChI is InChI=1S/C56H69N9O7/c1-8-64-49-19-14-40-31-44(49)45(52(64)46-33-57-22-20-41(46)34-70-7)32-56(4,5)35-72-55(69)47-13-10-24-65(61-47)54(68)48(30-38-11-9-12-39(40)29-38)60-53(67)51(37(2)3)62(6)50(66)21-23-58-36-59-42-15-17-43(18-16-42)63-25-27-71-28-26-63/h9,11-12,14-20,22,29,31,33,37,47-48,51,61H,8,10,13,21,23-28,30,32,34-35H2,1-7H3,(H,60,67)/t47-,48-,51?/m0/s1. The van der Waals surface area contributed by atoms with Gasteiger partial charge in [0.2, 0.25) is 11.8 Å². The van der Waals surface area contributed by atoms with Crippen molar-refractivity contribution in [3.05, 3.63) is 102 Å². The van der Waals surface area contributed by atoms with E-state index < -0.39 is 41.3 Å². The number of hydrogen-bond acceptors (Lipinski definition) is 12. The highest BCUT2D eigenvalue weighted by Gasteiger charge is 2.37. The number of nitrogens with one attached hydrogen (secondary N) is 2. The first kappa shape index (κ1) is 51.6. The van der Waals surface area contributed by atoms with E-state index in [1.54, 1.807) is 20.4 Å². The van der Waals surface area contributed by atoms with Crippen molar-refractivity contribution in [2.45, 2.75) is 98.0 Å². The van der Waals surface area contributed by atoms with Crippen LogP contribution in [-0.4, -0.2) is 127 Å². The van der Waals surface area contributed by atoms with Crippen LogP contribution < -0.4 is 15.6 Å². The Morgan fingerprint density at radius 2 is 1.81 bits per heavy atom. The van der Waals surface area contributed by atoms with Gasteiger partial charge in [0.1, 0.15) is 18.1 Å². The third kappa shape index (κ3) is 12.0. The summed E-state index contributed by atoms with van der Waals surface area (Å²) >= 11 is 0. The monoisotopic (exact) mass is 980 g/mol. The molecule has 0 spiro atoms. The number of aliphatic imine (C=N–C) groups is 2. The first-order chi connectivity index (χ1) is 34.7. The van der Waals surface area contributed by atoms with Crippen molar-refractivity contribution >= 4 is 52.0 Å². The number of nitrogens with zero attached hydrogens (tertiary/aromatic N) is 7. The average molecular weight is 980 g/mol. The number of amides is 3. The number of fused-ring (bicyclic) bond motifs is 6. The fraction of sp³-hybridized carbons (Fsp3) is 0.464. The number of carbonyl (C=O) groups is 4. The van der Waals surface area contributed by atoms with Gasteiger partial charge in [0, 0.05) is 93.1 Å². The molecule has 3 amide bonds. The molecule has 16 nitrogen and oxygen atoms in total. The van der Waals surface area contributed by atoms with Crippen LogP contribution in [0.4, 0.5) is 11.4 Å². The van der Waals surface area contributed by atoms with E-state index in [0.29, 0.717) is 57.9 Å². The van der Waals surface area contributed by atoms with Crippen LogP contribution in [0.1, 0.15) is 70.6 Å². The largest absolute Gasteiger partial charge is 0.464 e. The number of likely N-dealkylation sites (N-methyl/N-ethyl adjacent to an activating group) is 1. The lowest BCUT2D eigenvalue weighted by molar-refractivity contribution is -0.155. The zero-order valence-electron chi connectivity index (χ0n) is 42.8. The molecule has 2 aromatic heterocycles. The average Bonchev–Trinajstić information content (AvgIpc) is 3.69. The van der Waals surface area contributed by atoms with Gasteiger partial charge in [-0.2, -0.15) is 4.99 Å². The molecule has 380 valence electrons. The summed E-state index contributed by atoms with van der Waals surface area (Å²) in [6, 6.07) is 24.4. The van der Waals surface area contributed by atoms with E-state index in [0.717, 1.165) is 68.8 Å². The van der Waals surface area contributed by atoms with Crippen LogP contribution in [0.5, 0.6) is 0 Å². The van der Waals surface area contributed by atoms with Crippen LogP contribution in [-0.2, 0) is 59.4 Å². The minimum absolute atomic E-state index is 0.0308. The number of hydrogen-bond donors (Lipinski definition) is 2. The molecule has 2 N–H and O–H groups in total. The predicted molar refractivity (Wildman–Crippen MR) is 279 cm³/mol. The van der Waals surface area contributed by atoms with Crippen molar-refractivity contribution in [1.29, 1.82) is 0 Å². The summed E-state index contributed by atoms with van der Waals surface area (Å²) in [6.07, 6.45) is 5.50. The smallest absolute Gasteiger partial charge is 0.324 e. The summed E-state index contributed by atoms with van der Waals surface area (Å²) in [6.45, 7) is 14.9. The number of rotatable bonds is 13. The molecule has 16 heteroatoms. The van der Waals surface area contributed by atoms with Gasteiger partial charge in [-0.3, -0.25) is 29.2 Å². The molecule has 5 aromatic rings. The quantitative estimate of drug-likeness (QED) is 0.0895. The van der Waals surface area contributed by atoms with Crippen molar-refractivity contribution < 1.29 is 33.4 Å². The Morgan fingerprint density at radius 1 is 1.03 bits per heavy atom. The van der Waals surface area contributed by atoms with Gasteiger partial charge < -0.3 is 33.9 Å². The summed E-state index contributed by atoms with van der Waals surface area (Å²) < 4.78 is 19.6.